The summed E-state index contributed by atoms with van der Waals surface area (Å²) in [5.41, 5.74) is 4.41. The van der Waals surface area contributed by atoms with E-state index in [0.29, 0.717) is 4.83 Å². The van der Waals surface area contributed by atoms with Crippen LogP contribution in [0.25, 0.3) is 0 Å². The summed E-state index contributed by atoms with van der Waals surface area (Å²) >= 11 is 3.79. The Balaban J connectivity index is 2.54. The summed E-state index contributed by atoms with van der Waals surface area (Å²) < 4.78 is 0. The van der Waals surface area contributed by atoms with Crippen LogP contribution in [0.3, 0.4) is 0 Å². The van der Waals surface area contributed by atoms with Gasteiger partial charge in [-0.1, -0.05) is 48.0 Å². The zero-order valence-electron chi connectivity index (χ0n) is 10.9. The van der Waals surface area contributed by atoms with Crippen LogP contribution in [-0.4, -0.2) is 4.83 Å². The lowest BCUT2D eigenvalue weighted by molar-refractivity contribution is 0.554. The van der Waals surface area contributed by atoms with Gasteiger partial charge < -0.3 is 0 Å². The van der Waals surface area contributed by atoms with Crippen molar-refractivity contribution >= 4 is 15.9 Å². The molecule has 0 heterocycles. The molecular formula is C15H23Br. The van der Waals surface area contributed by atoms with Gasteiger partial charge in [-0.25, -0.2) is 0 Å². The van der Waals surface area contributed by atoms with E-state index in [9.17, 15) is 0 Å². The van der Waals surface area contributed by atoms with Gasteiger partial charge in [-0.3, -0.25) is 0 Å². The third-order valence-corrected chi connectivity index (χ3v) is 3.91. The van der Waals surface area contributed by atoms with Crippen molar-refractivity contribution in [2.24, 2.45) is 5.92 Å². The number of halogens is 1. The minimum absolute atomic E-state index is 0.659. The Bertz CT molecular complexity index is 308. The zero-order chi connectivity index (χ0) is 12.1. The predicted molar refractivity (Wildman–Crippen MR) is 76.4 cm³/mol. The lowest BCUT2D eigenvalue weighted by Crippen LogP contribution is -2.05. The molecule has 0 amide bonds. The van der Waals surface area contributed by atoms with E-state index in [-0.39, 0.29) is 0 Å². The van der Waals surface area contributed by atoms with Gasteiger partial charge in [0, 0.05) is 4.83 Å². The Kier molecular flexibility index (Phi) is 5.54. The number of aryl methyl sites for hydroxylation is 2. The van der Waals surface area contributed by atoms with Gasteiger partial charge in [-0.2, -0.15) is 0 Å². The van der Waals surface area contributed by atoms with Crippen LogP contribution in [0.5, 0.6) is 0 Å². The largest absolute Gasteiger partial charge is 0.0890 e. The highest BCUT2D eigenvalue weighted by molar-refractivity contribution is 9.09. The van der Waals surface area contributed by atoms with Crippen LogP contribution in [-0.2, 0) is 6.42 Å². The van der Waals surface area contributed by atoms with Crippen molar-refractivity contribution < 1.29 is 0 Å². The second kappa shape index (κ2) is 6.44. The van der Waals surface area contributed by atoms with Gasteiger partial charge in [-0.15, -0.1) is 0 Å². The van der Waals surface area contributed by atoms with E-state index in [1.165, 1.54) is 36.0 Å². The topological polar surface area (TPSA) is 0 Å². The van der Waals surface area contributed by atoms with E-state index >= 15 is 0 Å². The van der Waals surface area contributed by atoms with E-state index < -0.39 is 0 Å². The van der Waals surface area contributed by atoms with Gasteiger partial charge in [0.05, 0.1) is 0 Å². The Morgan fingerprint density at radius 3 is 2.19 bits per heavy atom. The first-order chi connectivity index (χ1) is 7.50. The third-order valence-electron chi connectivity index (χ3n) is 3.08. The van der Waals surface area contributed by atoms with Crippen molar-refractivity contribution in [3.05, 3.63) is 34.9 Å². The molecule has 0 spiro atoms. The molecule has 1 atom stereocenters. The lowest BCUT2D eigenvalue weighted by Gasteiger charge is -2.14. The SMILES string of the molecule is Cc1cccc(C)c1CCC(Br)CC(C)C. The fraction of sp³-hybridized carbons (Fsp3) is 0.600. The van der Waals surface area contributed by atoms with E-state index in [1.54, 1.807) is 0 Å². The Morgan fingerprint density at radius 2 is 1.69 bits per heavy atom. The summed E-state index contributed by atoms with van der Waals surface area (Å²) in [6.07, 6.45) is 3.70. The van der Waals surface area contributed by atoms with Gasteiger partial charge >= 0.3 is 0 Å². The number of alkyl halides is 1. The van der Waals surface area contributed by atoms with E-state index in [4.69, 9.17) is 0 Å². The summed E-state index contributed by atoms with van der Waals surface area (Å²) in [6, 6.07) is 6.58. The average Bonchev–Trinajstić information content (AvgIpc) is 2.15. The maximum atomic E-state index is 3.79. The summed E-state index contributed by atoms with van der Waals surface area (Å²) in [5, 5.41) is 0. The van der Waals surface area contributed by atoms with Crippen molar-refractivity contribution in [2.45, 2.75) is 51.8 Å². The minimum Gasteiger partial charge on any atom is -0.0890 e. The van der Waals surface area contributed by atoms with Crippen molar-refractivity contribution in [1.82, 2.24) is 0 Å². The molecule has 0 aliphatic heterocycles. The van der Waals surface area contributed by atoms with Gasteiger partial charge in [0.2, 0.25) is 0 Å². The lowest BCUT2D eigenvalue weighted by atomic mass is 9.96. The van der Waals surface area contributed by atoms with Crippen LogP contribution < -0.4 is 0 Å². The number of rotatable bonds is 5. The molecule has 0 nitrogen and oxygen atoms in total. The van der Waals surface area contributed by atoms with Crippen LogP contribution in [0.4, 0.5) is 0 Å². The minimum atomic E-state index is 0.659. The monoisotopic (exact) mass is 282 g/mol. The highest BCUT2D eigenvalue weighted by Crippen LogP contribution is 2.21. The standard InChI is InChI=1S/C15H23Br/c1-11(2)10-14(16)8-9-15-12(3)6-5-7-13(15)4/h5-7,11,14H,8-10H2,1-4H3. The van der Waals surface area contributed by atoms with Crippen molar-refractivity contribution in [2.75, 3.05) is 0 Å². The quantitative estimate of drug-likeness (QED) is 0.664. The molecule has 0 bridgehead atoms. The summed E-state index contributed by atoms with van der Waals surface area (Å²) in [7, 11) is 0. The molecule has 0 aliphatic carbocycles. The van der Waals surface area contributed by atoms with Gasteiger partial charge in [0.25, 0.3) is 0 Å². The summed E-state index contributed by atoms with van der Waals surface area (Å²) in [6.45, 7) is 9.00. The maximum Gasteiger partial charge on any atom is 0.0151 e. The molecule has 0 fully saturated rings. The smallest absolute Gasteiger partial charge is 0.0151 e. The van der Waals surface area contributed by atoms with Crippen LogP contribution in [0, 0.1) is 19.8 Å². The first-order valence-corrected chi connectivity index (χ1v) is 7.11. The maximum absolute atomic E-state index is 3.79. The average molecular weight is 283 g/mol. The first kappa shape index (κ1) is 13.8. The van der Waals surface area contributed by atoms with E-state index in [0.717, 1.165) is 5.92 Å². The normalized spacial score (nSPS) is 13.1. The first-order valence-electron chi connectivity index (χ1n) is 6.20. The Labute approximate surface area is 109 Å². The molecular weight excluding hydrogens is 260 g/mol. The number of hydrogen-bond acceptors (Lipinski definition) is 0. The molecule has 1 rings (SSSR count). The molecule has 0 aliphatic rings. The van der Waals surface area contributed by atoms with Gasteiger partial charge in [0.15, 0.2) is 0 Å². The van der Waals surface area contributed by atoms with Crippen LogP contribution in [0.15, 0.2) is 18.2 Å². The Hall–Kier alpha value is -0.300. The molecule has 90 valence electrons. The number of hydrogen-bond donors (Lipinski definition) is 0. The molecule has 1 aromatic rings. The highest BCUT2D eigenvalue weighted by Gasteiger charge is 2.09. The number of benzene rings is 1. The molecule has 0 aromatic heterocycles. The fourth-order valence-corrected chi connectivity index (χ4v) is 3.15. The molecule has 0 radical (unpaired) electrons. The summed E-state index contributed by atoms with van der Waals surface area (Å²) in [4.78, 5) is 0.659. The van der Waals surface area contributed by atoms with Crippen molar-refractivity contribution in [1.29, 1.82) is 0 Å². The van der Waals surface area contributed by atoms with Crippen LogP contribution in [0.1, 0.15) is 43.4 Å². The van der Waals surface area contributed by atoms with Crippen molar-refractivity contribution in [3.8, 4) is 0 Å². The fourth-order valence-electron chi connectivity index (χ4n) is 2.17. The third kappa shape index (κ3) is 4.29. The molecule has 0 saturated carbocycles. The second-order valence-electron chi connectivity index (χ2n) is 5.14. The second-order valence-corrected chi connectivity index (χ2v) is 6.43. The zero-order valence-corrected chi connectivity index (χ0v) is 12.5. The molecule has 0 N–H and O–H groups in total. The predicted octanol–water partition coefficient (Wildman–Crippen LogP) is 5.05. The molecule has 1 unspecified atom stereocenters. The molecule has 16 heavy (non-hydrogen) atoms. The van der Waals surface area contributed by atoms with E-state index in [2.05, 4.69) is 61.8 Å². The van der Waals surface area contributed by atoms with Crippen LogP contribution >= 0.6 is 15.9 Å². The molecule has 1 aromatic carbocycles. The molecule has 1 heteroatoms. The van der Waals surface area contributed by atoms with Crippen molar-refractivity contribution in [3.63, 3.8) is 0 Å². The Morgan fingerprint density at radius 1 is 1.12 bits per heavy atom. The van der Waals surface area contributed by atoms with Gasteiger partial charge in [0.1, 0.15) is 0 Å². The highest BCUT2D eigenvalue weighted by atomic mass is 79.9. The van der Waals surface area contributed by atoms with Crippen LogP contribution in [0.2, 0.25) is 0 Å². The molecule has 0 saturated heterocycles. The summed E-state index contributed by atoms with van der Waals surface area (Å²) in [5.74, 6) is 0.780. The van der Waals surface area contributed by atoms with E-state index in [1.807, 2.05) is 0 Å². The van der Waals surface area contributed by atoms with Gasteiger partial charge in [-0.05, 0) is 55.7 Å².